The molecule has 0 heterocycles. The van der Waals surface area contributed by atoms with Crippen LogP contribution in [0.5, 0.6) is 5.75 Å². The highest BCUT2D eigenvalue weighted by atomic mass is 35.5. The van der Waals surface area contributed by atoms with Gasteiger partial charge in [-0.2, -0.15) is 0 Å². The predicted octanol–water partition coefficient (Wildman–Crippen LogP) is 2.38. The molecule has 1 rings (SSSR count). The molecule has 1 aromatic carbocycles. The molecule has 1 atom stereocenters. The largest absolute Gasteiger partial charge is 0.479 e. The molecule has 19 heavy (non-hydrogen) atoms. The van der Waals surface area contributed by atoms with Gasteiger partial charge in [0.25, 0.3) is 5.91 Å². The van der Waals surface area contributed by atoms with Crippen molar-refractivity contribution in [3.05, 3.63) is 29.3 Å². The smallest absolute Gasteiger partial charge is 0.260 e. The lowest BCUT2D eigenvalue weighted by atomic mass is 10.1. The second-order valence-corrected chi connectivity index (χ2v) is 5.30. The molecule has 0 spiro atoms. The van der Waals surface area contributed by atoms with E-state index in [1.165, 1.54) is 0 Å². The van der Waals surface area contributed by atoms with Gasteiger partial charge in [0.1, 0.15) is 5.75 Å². The summed E-state index contributed by atoms with van der Waals surface area (Å²) in [5, 5.41) is 3.21. The normalized spacial score (nSPS) is 12.3. The van der Waals surface area contributed by atoms with Gasteiger partial charge < -0.3 is 15.8 Å². The van der Waals surface area contributed by atoms with Gasteiger partial charge in [0.15, 0.2) is 6.10 Å². The zero-order valence-electron chi connectivity index (χ0n) is 11.3. The zero-order valence-corrected chi connectivity index (χ0v) is 12.8. The summed E-state index contributed by atoms with van der Waals surface area (Å²) in [6.45, 7) is 5.74. The van der Waals surface area contributed by atoms with Crippen molar-refractivity contribution in [2.24, 2.45) is 5.73 Å². The van der Waals surface area contributed by atoms with Crippen molar-refractivity contribution < 1.29 is 9.53 Å². The molecule has 0 aliphatic rings. The van der Waals surface area contributed by atoms with E-state index in [-0.39, 0.29) is 18.3 Å². The molecule has 1 aromatic rings. The van der Waals surface area contributed by atoms with E-state index in [0.717, 1.165) is 0 Å². The van der Waals surface area contributed by atoms with Gasteiger partial charge in [-0.25, -0.2) is 0 Å². The van der Waals surface area contributed by atoms with Gasteiger partial charge in [0, 0.05) is 12.1 Å². The third-order valence-corrected chi connectivity index (χ3v) is 2.54. The Kier molecular flexibility index (Phi) is 7.19. The van der Waals surface area contributed by atoms with E-state index < -0.39 is 11.6 Å². The molecule has 3 N–H and O–H groups in total. The van der Waals surface area contributed by atoms with Gasteiger partial charge in [-0.15, -0.1) is 12.4 Å². The number of nitrogens with two attached hydrogens (primary N) is 1. The van der Waals surface area contributed by atoms with E-state index in [2.05, 4.69) is 5.32 Å². The summed E-state index contributed by atoms with van der Waals surface area (Å²) < 4.78 is 5.49. The maximum Gasteiger partial charge on any atom is 0.260 e. The van der Waals surface area contributed by atoms with E-state index >= 15 is 0 Å². The SMILES string of the molecule is CC(Oc1ccccc1Cl)C(=O)NCC(C)(C)N.Cl. The number of carbonyl (C=O) groups excluding carboxylic acids is 1. The summed E-state index contributed by atoms with van der Waals surface area (Å²) in [4.78, 5) is 11.8. The highest BCUT2D eigenvalue weighted by molar-refractivity contribution is 6.32. The van der Waals surface area contributed by atoms with Crippen LogP contribution in [0, 0.1) is 0 Å². The first-order valence-corrected chi connectivity index (χ1v) is 6.15. The number of halogens is 2. The molecule has 4 nitrogen and oxygen atoms in total. The number of hydrogen-bond acceptors (Lipinski definition) is 3. The highest BCUT2D eigenvalue weighted by Crippen LogP contribution is 2.24. The maximum atomic E-state index is 11.8. The third-order valence-electron chi connectivity index (χ3n) is 2.23. The number of para-hydroxylation sites is 1. The van der Waals surface area contributed by atoms with Gasteiger partial charge in [-0.05, 0) is 32.9 Å². The Hall–Kier alpha value is -0.970. The quantitative estimate of drug-likeness (QED) is 0.878. The molecule has 108 valence electrons. The van der Waals surface area contributed by atoms with Crippen LogP contribution in [0.25, 0.3) is 0 Å². The molecule has 0 aliphatic heterocycles. The van der Waals surface area contributed by atoms with Crippen LogP contribution in [0.15, 0.2) is 24.3 Å². The van der Waals surface area contributed by atoms with E-state index in [9.17, 15) is 4.79 Å². The lowest BCUT2D eigenvalue weighted by Crippen LogP contribution is -2.48. The van der Waals surface area contributed by atoms with Crippen molar-refractivity contribution in [1.29, 1.82) is 0 Å². The van der Waals surface area contributed by atoms with Crippen molar-refractivity contribution in [2.75, 3.05) is 6.54 Å². The van der Waals surface area contributed by atoms with Gasteiger partial charge in [0.05, 0.1) is 5.02 Å². The molecular weight excluding hydrogens is 287 g/mol. The number of amides is 1. The molecule has 1 unspecified atom stereocenters. The van der Waals surface area contributed by atoms with E-state index in [1.807, 2.05) is 13.8 Å². The Bertz CT molecular complexity index is 419. The van der Waals surface area contributed by atoms with Crippen LogP contribution in [-0.4, -0.2) is 24.1 Å². The fourth-order valence-corrected chi connectivity index (χ4v) is 1.42. The van der Waals surface area contributed by atoms with Crippen LogP contribution in [0.4, 0.5) is 0 Å². The Morgan fingerprint density at radius 3 is 2.58 bits per heavy atom. The molecule has 0 aliphatic carbocycles. The van der Waals surface area contributed by atoms with E-state index in [0.29, 0.717) is 17.3 Å². The number of hydrogen-bond donors (Lipinski definition) is 2. The molecule has 0 bridgehead atoms. The molecule has 1 amide bonds. The predicted molar refractivity (Wildman–Crippen MR) is 80.1 cm³/mol. The van der Waals surface area contributed by atoms with Crippen molar-refractivity contribution in [1.82, 2.24) is 5.32 Å². The Balaban J connectivity index is 0.00000324. The Labute approximate surface area is 125 Å². The first-order valence-electron chi connectivity index (χ1n) is 5.77. The number of ether oxygens (including phenoxy) is 1. The number of nitrogens with one attached hydrogen (secondary N) is 1. The molecule has 0 aromatic heterocycles. The molecule has 0 saturated carbocycles. The zero-order chi connectivity index (χ0) is 13.8. The lowest BCUT2D eigenvalue weighted by Gasteiger charge is -2.21. The average Bonchev–Trinajstić information content (AvgIpc) is 2.28. The van der Waals surface area contributed by atoms with Crippen LogP contribution < -0.4 is 15.8 Å². The topological polar surface area (TPSA) is 64.3 Å². The Morgan fingerprint density at radius 2 is 2.05 bits per heavy atom. The molecule has 0 fully saturated rings. The van der Waals surface area contributed by atoms with E-state index in [4.69, 9.17) is 22.1 Å². The minimum Gasteiger partial charge on any atom is -0.479 e. The van der Waals surface area contributed by atoms with Crippen LogP contribution in [0.2, 0.25) is 5.02 Å². The maximum absolute atomic E-state index is 11.8. The van der Waals surface area contributed by atoms with Crippen LogP contribution in [0.1, 0.15) is 20.8 Å². The molecular formula is C13H20Cl2N2O2. The highest BCUT2D eigenvalue weighted by Gasteiger charge is 2.18. The van der Waals surface area contributed by atoms with Crippen LogP contribution in [-0.2, 0) is 4.79 Å². The lowest BCUT2D eigenvalue weighted by molar-refractivity contribution is -0.127. The van der Waals surface area contributed by atoms with Crippen molar-refractivity contribution in [3.8, 4) is 5.75 Å². The minimum atomic E-state index is -0.618. The van der Waals surface area contributed by atoms with Gasteiger partial charge in [0.2, 0.25) is 0 Å². The van der Waals surface area contributed by atoms with Gasteiger partial charge >= 0.3 is 0 Å². The second kappa shape index (κ2) is 7.58. The summed E-state index contributed by atoms with van der Waals surface area (Å²) in [6, 6.07) is 7.04. The first-order chi connectivity index (χ1) is 8.29. The molecule has 0 radical (unpaired) electrons. The van der Waals surface area contributed by atoms with Gasteiger partial charge in [-0.3, -0.25) is 4.79 Å². The van der Waals surface area contributed by atoms with Crippen LogP contribution in [0.3, 0.4) is 0 Å². The number of rotatable bonds is 5. The van der Waals surface area contributed by atoms with Gasteiger partial charge in [-0.1, -0.05) is 23.7 Å². The summed E-state index contributed by atoms with van der Waals surface area (Å²) >= 11 is 5.95. The monoisotopic (exact) mass is 306 g/mol. The summed E-state index contributed by atoms with van der Waals surface area (Å²) in [6.07, 6.45) is -0.618. The third kappa shape index (κ3) is 6.66. The van der Waals surface area contributed by atoms with E-state index in [1.54, 1.807) is 31.2 Å². The van der Waals surface area contributed by atoms with Crippen molar-refractivity contribution in [2.45, 2.75) is 32.4 Å². The molecule has 0 saturated heterocycles. The van der Waals surface area contributed by atoms with Crippen molar-refractivity contribution >= 4 is 29.9 Å². The summed E-state index contributed by atoms with van der Waals surface area (Å²) in [5.41, 5.74) is 5.34. The fraction of sp³-hybridized carbons (Fsp3) is 0.462. The number of carbonyl (C=O) groups is 1. The fourth-order valence-electron chi connectivity index (χ4n) is 1.24. The minimum absolute atomic E-state index is 0. The van der Waals surface area contributed by atoms with Crippen LogP contribution >= 0.6 is 24.0 Å². The molecule has 6 heteroatoms. The number of benzene rings is 1. The first kappa shape index (κ1) is 18.0. The van der Waals surface area contributed by atoms with Crippen molar-refractivity contribution in [3.63, 3.8) is 0 Å². The second-order valence-electron chi connectivity index (χ2n) is 4.90. The standard InChI is InChI=1S/C13H19ClN2O2.ClH/c1-9(12(17)16-8-13(2,3)15)18-11-7-5-4-6-10(11)14;/h4-7,9H,8,15H2,1-3H3,(H,16,17);1H. The average molecular weight is 307 g/mol. The Morgan fingerprint density at radius 1 is 1.47 bits per heavy atom. The summed E-state index contributed by atoms with van der Waals surface area (Å²) in [7, 11) is 0. The summed E-state index contributed by atoms with van der Waals surface area (Å²) in [5.74, 6) is 0.280.